The van der Waals surface area contributed by atoms with Crippen molar-refractivity contribution in [1.82, 2.24) is 0 Å². The fraction of sp³-hybridized carbons (Fsp3) is 0.286. The normalized spacial score (nSPS) is 13.8. The van der Waals surface area contributed by atoms with E-state index in [-0.39, 0.29) is 28.0 Å². The summed E-state index contributed by atoms with van der Waals surface area (Å²) in [5, 5.41) is 0. The van der Waals surface area contributed by atoms with Crippen molar-refractivity contribution in [3.8, 4) is 16.9 Å². The number of hydrogen-bond donors (Lipinski definition) is 0. The fourth-order valence-corrected chi connectivity index (χ4v) is 4.42. The van der Waals surface area contributed by atoms with Gasteiger partial charge in [-0.2, -0.15) is 0 Å². The number of rotatable bonds is 8. The number of benzene rings is 3. The van der Waals surface area contributed by atoms with E-state index in [4.69, 9.17) is 4.74 Å². The third kappa shape index (κ3) is 4.46. The highest BCUT2D eigenvalue weighted by atomic mass is 19.3. The maximum absolute atomic E-state index is 15.3. The van der Waals surface area contributed by atoms with E-state index in [0.717, 1.165) is 5.56 Å². The van der Waals surface area contributed by atoms with E-state index in [1.807, 2.05) is 6.92 Å². The molecular formula is C28H25F5O. The molecular weight excluding hydrogens is 447 g/mol. The highest BCUT2D eigenvalue weighted by Crippen LogP contribution is 2.48. The first-order chi connectivity index (χ1) is 16.3. The number of aryl methyl sites for hydroxylation is 2. The van der Waals surface area contributed by atoms with Crippen molar-refractivity contribution in [2.75, 3.05) is 0 Å². The number of hydrogen-bond acceptors (Lipinski definition) is 1. The lowest BCUT2D eigenvalue weighted by atomic mass is 9.80. The van der Waals surface area contributed by atoms with E-state index in [1.165, 1.54) is 24.3 Å². The van der Waals surface area contributed by atoms with Crippen LogP contribution < -0.4 is 4.74 Å². The zero-order valence-corrected chi connectivity index (χ0v) is 18.9. The molecule has 6 heteroatoms. The first kappa shape index (κ1) is 24.0. The summed E-state index contributed by atoms with van der Waals surface area (Å²) in [5.41, 5.74) is 0.383. The van der Waals surface area contributed by atoms with Gasteiger partial charge in [0, 0.05) is 17.5 Å². The van der Waals surface area contributed by atoms with E-state index in [2.05, 4.69) is 6.58 Å². The van der Waals surface area contributed by atoms with Crippen molar-refractivity contribution in [3.63, 3.8) is 0 Å². The highest BCUT2D eigenvalue weighted by molar-refractivity contribution is 5.75. The molecule has 0 spiro atoms. The second-order valence-corrected chi connectivity index (χ2v) is 8.54. The molecule has 0 atom stereocenters. The SMILES string of the molecule is C=CCCc1ccc(OCc2ccc3c(c2F)C(F)(F)Cc2c-3ccc(CCC)c2F)c(F)c1. The molecule has 4 rings (SSSR count). The fourth-order valence-electron chi connectivity index (χ4n) is 4.42. The Labute approximate surface area is 195 Å². The Morgan fingerprint density at radius 2 is 1.68 bits per heavy atom. The van der Waals surface area contributed by atoms with Crippen LogP contribution in [0, 0.1) is 17.5 Å². The van der Waals surface area contributed by atoms with E-state index in [1.54, 1.807) is 24.3 Å². The summed E-state index contributed by atoms with van der Waals surface area (Å²) in [6.07, 6.45) is 3.25. The molecule has 3 aromatic rings. The Kier molecular flexibility index (Phi) is 6.78. The summed E-state index contributed by atoms with van der Waals surface area (Å²) >= 11 is 0. The molecule has 34 heavy (non-hydrogen) atoms. The quantitative estimate of drug-likeness (QED) is 0.238. The molecule has 0 fully saturated rings. The number of halogens is 5. The molecule has 0 unspecified atom stereocenters. The van der Waals surface area contributed by atoms with Gasteiger partial charge >= 0.3 is 0 Å². The maximum Gasteiger partial charge on any atom is 0.280 e. The Balaban J connectivity index is 1.64. The van der Waals surface area contributed by atoms with Gasteiger partial charge in [-0.3, -0.25) is 0 Å². The molecule has 0 saturated heterocycles. The lowest BCUT2D eigenvalue weighted by Gasteiger charge is -2.29. The Hall–Kier alpha value is -3.15. The van der Waals surface area contributed by atoms with Gasteiger partial charge in [-0.1, -0.05) is 49.8 Å². The number of alkyl halides is 2. The van der Waals surface area contributed by atoms with Crippen molar-refractivity contribution < 1.29 is 26.7 Å². The minimum absolute atomic E-state index is 0.0350. The summed E-state index contributed by atoms with van der Waals surface area (Å²) in [4.78, 5) is 0. The second-order valence-electron chi connectivity index (χ2n) is 8.54. The summed E-state index contributed by atoms with van der Waals surface area (Å²) in [6.45, 7) is 5.09. The largest absolute Gasteiger partial charge is 0.486 e. The lowest BCUT2D eigenvalue weighted by Crippen LogP contribution is -2.26. The first-order valence-electron chi connectivity index (χ1n) is 11.3. The third-order valence-electron chi connectivity index (χ3n) is 6.14. The number of fused-ring (bicyclic) bond motifs is 3. The molecule has 0 heterocycles. The predicted octanol–water partition coefficient (Wildman–Crippen LogP) is 8.07. The van der Waals surface area contributed by atoms with Crippen molar-refractivity contribution in [1.29, 1.82) is 0 Å². The van der Waals surface area contributed by atoms with Crippen molar-refractivity contribution in [3.05, 3.63) is 100 Å². The van der Waals surface area contributed by atoms with E-state index in [0.29, 0.717) is 31.2 Å². The van der Waals surface area contributed by atoms with Crippen LogP contribution >= 0.6 is 0 Å². The smallest absolute Gasteiger partial charge is 0.280 e. The van der Waals surface area contributed by atoms with E-state index in [9.17, 15) is 8.78 Å². The highest BCUT2D eigenvalue weighted by Gasteiger charge is 2.44. The van der Waals surface area contributed by atoms with Gasteiger partial charge in [0.2, 0.25) is 0 Å². The zero-order valence-electron chi connectivity index (χ0n) is 18.9. The average Bonchev–Trinajstić information content (AvgIpc) is 2.80. The second kappa shape index (κ2) is 9.61. The molecule has 0 saturated carbocycles. The van der Waals surface area contributed by atoms with E-state index >= 15 is 13.2 Å². The van der Waals surface area contributed by atoms with Gasteiger partial charge in [0.1, 0.15) is 18.2 Å². The molecule has 1 nitrogen and oxygen atoms in total. The average molecular weight is 472 g/mol. The molecule has 1 aliphatic carbocycles. The monoisotopic (exact) mass is 472 g/mol. The van der Waals surface area contributed by atoms with Crippen LogP contribution in [0.25, 0.3) is 11.1 Å². The van der Waals surface area contributed by atoms with Gasteiger partial charge < -0.3 is 4.74 Å². The van der Waals surface area contributed by atoms with Crippen LogP contribution in [0.1, 0.15) is 47.6 Å². The number of allylic oxidation sites excluding steroid dienone is 1. The lowest BCUT2D eigenvalue weighted by molar-refractivity contribution is -0.00942. The summed E-state index contributed by atoms with van der Waals surface area (Å²) < 4.78 is 80.1. The Bertz CT molecular complexity index is 1230. The molecule has 0 aromatic heterocycles. The van der Waals surface area contributed by atoms with Crippen molar-refractivity contribution in [2.45, 2.75) is 51.6 Å². The molecule has 0 radical (unpaired) electrons. The standard InChI is InChI=1S/C28H25F5O/c1-3-5-7-17-8-13-24(23(29)14-17)34-16-19-10-12-21-20-11-9-18(6-4-2)26(30)22(20)15-28(32,33)25(21)27(19)31/h3,8-14H,1,4-7,15-16H2,2H3. The van der Waals surface area contributed by atoms with Crippen LogP contribution in [-0.4, -0.2) is 0 Å². The molecule has 0 amide bonds. The zero-order chi connectivity index (χ0) is 24.5. The molecule has 1 aliphatic rings. The Morgan fingerprint density at radius 3 is 2.38 bits per heavy atom. The van der Waals surface area contributed by atoms with E-state index < -0.39 is 42.0 Å². The van der Waals surface area contributed by atoms with Gasteiger partial charge in [-0.25, -0.2) is 22.0 Å². The van der Waals surface area contributed by atoms with Gasteiger partial charge in [0.25, 0.3) is 5.92 Å². The molecule has 3 aromatic carbocycles. The van der Waals surface area contributed by atoms with Crippen LogP contribution in [0.4, 0.5) is 22.0 Å². The summed E-state index contributed by atoms with van der Waals surface area (Å²) in [5.74, 6) is -6.06. The van der Waals surface area contributed by atoms with Crippen LogP contribution in [0.3, 0.4) is 0 Å². The first-order valence-corrected chi connectivity index (χ1v) is 11.3. The minimum Gasteiger partial charge on any atom is -0.486 e. The van der Waals surface area contributed by atoms with Crippen molar-refractivity contribution in [2.24, 2.45) is 0 Å². The summed E-state index contributed by atoms with van der Waals surface area (Å²) in [6, 6.07) is 10.3. The van der Waals surface area contributed by atoms with Gasteiger partial charge in [-0.15, -0.1) is 6.58 Å². The minimum atomic E-state index is -3.59. The molecule has 0 N–H and O–H groups in total. The van der Waals surface area contributed by atoms with Gasteiger partial charge in [0.05, 0.1) is 5.56 Å². The topological polar surface area (TPSA) is 9.23 Å². The molecule has 0 bridgehead atoms. The Morgan fingerprint density at radius 1 is 0.941 bits per heavy atom. The van der Waals surface area contributed by atoms with Crippen LogP contribution in [0.2, 0.25) is 0 Å². The van der Waals surface area contributed by atoms with Crippen molar-refractivity contribution >= 4 is 0 Å². The van der Waals surface area contributed by atoms with Crippen LogP contribution in [0.15, 0.2) is 55.1 Å². The summed E-state index contributed by atoms with van der Waals surface area (Å²) in [7, 11) is 0. The van der Waals surface area contributed by atoms with Gasteiger partial charge in [0.15, 0.2) is 11.6 Å². The number of ether oxygens (including phenoxy) is 1. The van der Waals surface area contributed by atoms with Gasteiger partial charge in [-0.05, 0) is 53.6 Å². The predicted molar refractivity (Wildman–Crippen MR) is 123 cm³/mol. The van der Waals surface area contributed by atoms with Crippen LogP contribution in [0.5, 0.6) is 5.75 Å². The maximum atomic E-state index is 15.3. The third-order valence-corrected chi connectivity index (χ3v) is 6.14. The molecule has 178 valence electrons. The molecule has 0 aliphatic heterocycles. The van der Waals surface area contributed by atoms with Crippen LogP contribution in [-0.2, 0) is 31.8 Å².